The second-order valence-corrected chi connectivity index (χ2v) is 5.98. The van der Waals surface area contributed by atoms with E-state index >= 15 is 0 Å². The van der Waals surface area contributed by atoms with Crippen molar-refractivity contribution in [1.29, 1.82) is 0 Å². The summed E-state index contributed by atoms with van der Waals surface area (Å²) in [6, 6.07) is 11.8. The van der Waals surface area contributed by atoms with Crippen molar-refractivity contribution in [3.63, 3.8) is 0 Å². The number of rotatable bonds is 5. The lowest BCUT2D eigenvalue weighted by Gasteiger charge is -2.28. The van der Waals surface area contributed by atoms with Gasteiger partial charge in [-0.2, -0.15) is 0 Å². The summed E-state index contributed by atoms with van der Waals surface area (Å²) in [6.07, 6.45) is 1.80. The van der Waals surface area contributed by atoms with Crippen molar-refractivity contribution in [2.75, 3.05) is 13.6 Å². The van der Waals surface area contributed by atoms with Crippen LogP contribution in [0.1, 0.15) is 17.3 Å². The molecule has 1 atom stereocenters. The molecule has 0 amide bonds. The minimum Gasteiger partial charge on any atom is -0.329 e. The topological polar surface area (TPSA) is 42.2 Å². The average Bonchev–Trinajstić information content (AvgIpc) is 2.44. The standard InChI is InChI=1S/C15H17BrClN3/c1-20(10-12-4-2-3-7-19-12)15(9-18)13-8-11(16)5-6-14(13)17/h2-8,15H,9-10,18H2,1H3. The van der Waals surface area contributed by atoms with E-state index in [4.69, 9.17) is 17.3 Å². The van der Waals surface area contributed by atoms with E-state index in [1.54, 1.807) is 6.20 Å². The van der Waals surface area contributed by atoms with Crippen LogP contribution in [0.15, 0.2) is 47.1 Å². The number of hydrogen-bond donors (Lipinski definition) is 1. The lowest BCUT2D eigenvalue weighted by Crippen LogP contribution is -2.30. The highest BCUT2D eigenvalue weighted by atomic mass is 79.9. The Morgan fingerprint density at radius 2 is 2.15 bits per heavy atom. The van der Waals surface area contributed by atoms with Crippen molar-refractivity contribution >= 4 is 27.5 Å². The molecule has 0 saturated heterocycles. The van der Waals surface area contributed by atoms with Gasteiger partial charge in [0.1, 0.15) is 0 Å². The molecule has 0 fully saturated rings. The lowest BCUT2D eigenvalue weighted by atomic mass is 10.1. The Bertz CT molecular complexity index is 562. The number of pyridine rings is 1. The van der Waals surface area contributed by atoms with Crippen LogP contribution < -0.4 is 5.73 Å². The highest BCUT2D eigenvalue weighted by molar-refractivity contribution is 9.10. The quantitative estimate of drug-likeness (QED) is 0.891. The summed E-state index contributed by atoms with van der Waals surface area (Å²) in [5, 5.41) is 0.733. The Hall–Kier alpha value is -0.940. The third-order valence-corrected chi connectivity index (χ3v) is 4.05. The maximum atomic E-state index is 6.30. The number of aromatic nitrogens is 1. The van der Waals surface area contributed by atoms with Gasteiger partial charge in [0.25, 0.3) is 0 Å². The average molecular weight is 355 g/mol. The van der Waals surface area contributed by atoms with Gasteiger partial charge in [0.15, 0.2) is 0 Å². The molecule has 3 nitrogen and oxygen atoms in total. The molecule has 1 unspecified atom stereocenters. The molecular formula is C15H17BrClN3. The number of likely N-dealkylation sites (N-methyl/N-ethyl adjacent to an activating group) is 1. The fourth-order valence-electron chi connectivity index (χ4n) is 2.17. The number of nitrogens with two attached hydrogens (primary N) is 1. The molecule has 0 radical (unpaired) electrons. The van der Waals surface area contributed by atoms with Crippen LogP contribution in [0.25, 0.3) is 0 Å². The monoisotopic (exact) mass is 353 g/mol. The molecule has 2 N–H and O–H groups in total. The normalized spacial score (nSPS) is 12.7. The van der Waals surface area contributed by atoms with Crippen molar-refractivity contribution in [2.24, 2.45) is 5.73 Å². The van der Waals surface area contributed by atoms with E-state index < -0.39 is 0 Å². The summed E-state index contributed by atoms with van der Waals surface area (Å²) < 4.78 is 1.00. The Balaban J connectivity index is 2.21. The zero-order valence-electron chi connectivity index (χ0n) is 11.3. The van der Waals surface area contributed by atoms with Gasteiger partial charge in [-0.05, 0) is 42.9 Å². The summed E-state index contributed by atoms with van der Waals surface area (Å²) in [5.74, 6) is 0. The Kier molecular flexibility index (Phi) is 5.54. The first-order chi connectivity index (χ1) is 9.61. The summed E-state index contributed by atoms with van der Waals surface area (Å²) in [4.78, 5) is 6.51. The van der Waals surface area contributed by atoms with E-state index in [-0.39, 0.29) is 6.04 Å². The van der Waals surface area contributed by atoms with E-state index in [9.17, 15) is 0 Å². The summed E-state index contributed by atoms with van der Waals surface area (Å²) >= 11 is 9.78. The fourth-order valence-corrected chi connectivity index (χ4v) is 2.79. The first kappa shape index (κ1) is 15.4. The second-order valence-electron chi connectivity index (χ2n) is 4.65. The Labute approximate surface area is 132 Å². The fraction of sp³-hybridized carbons (Fsp3) is 0.267. The smallest absolute Gasteiger partial charge is 0.0544 e. The molecule has 106 valence electrons. The molecular weight excluding hydrogens is 338 g/mol. The van der Waals surface area contributed by atoms with Gasteiger partial charge in [0.2, 0.25) is 0 Å². The van der Waals surface area contributed by atoms with E-state index in [1.807, 2.05) is 43.4 Å². The molecule has 0 aliphatic rings. The number of hydrogen-bond acceptors (Lipinski definition) is 3. The number of nitrogens with zero attached hydrogens (tertiary/aromatic N) is 2. The molecule has 0 bridgehead atoms. The zero-order valence-corrected chi connectivity index (χ0v) is 13.6. The highest BCUT2D eigenvalue weighted by Gasteiger charge is 2.19. The van der Waals surface area contributed by atoms with Gasteiger partial charge in [-0.25, -0.2) is 0 Å². The number of halogens is 2. The van der Waals surface area contributed by atoms with Crippen LogP contribution in [-0.2, 0) is 6.54 Å². The zero-order chi connectivity index (χ0) is 14.5. The van der Waals surface area contributed by atoms with Gasteiger partial charge in [-0.3, -0.25) is 9.88 Å². The van der Waals surface area contributed by atoms with Crippen molar-refractivity contribution in [1.82, 2.24) is 9.88 Å². The third kappa shape index (κ3) is 3.79. The molecule has 1 heterocycles. The van der Waals surface area contributed by atoms with Gasteiger partial charge in [-0.15, -0.1) is 0 Å². The molecule has 0 aliphatic heterocycles. The molecule has 20 heavy (non-hydrogen) atoms. The van der Waals surface area contributed by atoms with Gasteiger partial charge in [0, 0.05) is 34.8 Å². The molecule has 5 heteroatoms. The maximum Gasteiger partial charge on any atom is 0.0544 e. The lowest BCUT2D eigenvalue weighted by molar-refractivity contribution is 0.239. The maximum absolute atomic E-state index is 6.30. The van der Waals surface area contributed by atoms with Crippen LogP contribution in [0.4, 0.5) is 0 Å². The predicted molar refractivity (Wildman–Crippen MR) is 86.7 cm³/mol. The van der Waals surface area contributed by atoms with Crippen molar-refractivity contribution < 1.29 is 0 Å². The largest absolute Gasteiger partial charge is 0.329 e. The summed E-state index contributed by atoms with van der Waals surface area (Å²) in [6.45, 7) is 1.23. The Morgan fingerprint density at radius 1 is 1.35 bits per heavy atom. The van der Waals surface area contributed by atoms with E-state index in [1.165, 1.54) is 0 Å². The second kappa shape index (κ2) is 7.18. The van der Waals surface area contributed by atoms with Gasteiger partial charge in [-0.1, -0.05) is 33.6 Å². The number of benzene rings is 1. The van der Waals surface area contributed by atoms with E-state index in [0.717, 1.165) is 27.3 Å². The van der Waals surface area contributed by atoms with Crippen LogP contribution >= 0.6 is 27.5 Å². The van der Waals surface area contributed by atoms with Crippen LogP contribution in [0.5, 0.6) is 0 Å². The van der Waals surface area contributed by atoms with Crippen molar-refractivity contribution in [2.45, 2.75) is 12.6 Å². The molecule has 2 rings (SSSR count). The third-order valence-electron chi connectivity index (χ3n) is 3.21. The predicted octanol–water partition coefficient (Wildman–Crippen LogP) is 3.63. The summed E-state index contributed by atoms with van der Waals surface area (Å²) in [7, 11) is 2.03. The Morgan fingerprint density at radius 3 is 2.80 bits per heavy atom. The van der Waals surface area contributed by atoms with Crippen LogP contribution in [0, 0.1) is 0 Å². The SMILES string of the molecule is CN(Cc1ccccn1)C(CN)c1cc(Br)ccc1Cl. The van der Waals surface area contributed by atoms with Crippen LogP contribution in [0.3, 0.4) is 0 Å². The first-order valence-electron chi connectivity index (χ1n) is 6.37. The van der Waals surface area contributed by atoms with Crippen LogP contribution in [0.2, 0.25) is 5.02 Å². The highest BCUT2D eigenvalue weighted by Crippen LogP contribution is 2.29. The van der Waals surface area contributed by atoms with E-state index in [0.29, 0.717) is 6.54 Å². The minimum absolute atomic E-state index is 0.0574. The van der Waals surface area contributed by atoms with Crippen molar-refractivity contribution in [3.05, 3.63) is 63.3 Å². The molecule has 1 aromatic carbocycles. The van der Waals surface area contributed by atoms with E-state index in [2.05, 4.69) is 25.8 Å². The van der Waals surface area contributed by atoms with Gasteiger partial charge >= 0.3 is 0 Å². The molecule has 0 saturated carbocycles. The van der Waals surface area contributed by atoms with Gasteiger partial charge < -0.3 is 5.73 Å². The van der Waals surface area contributed by atoms with Crippen LogP contribution in [-0.4, -0.2) is 23.5 Å². The molecule has 0 spiro atoms. The summed E-state index contributed by atoms with van der Waals surface area (Å²) in [5.41, 5.74) is 7.99. The molecule has 0 aliphatic carbocycles. The minimum atomic E-state index is 0.0574. The molecule has 2 aromatic rings. The first-order valence-corrected chi connectivity index (χ1v) is 7.54. The van der Waals surface area contributed by atoms with Gasteiger partial charge in [0.05, 0.1) is 5.69 Å². The molecule has 1 aromatic heterocycles. The van der Waals surface area contributed by atoms with Crippen molar-refractivity contribution in [3.8, 4) is 0 Å².